The fraction of sp³-hybridized carbons (Fsp3) is 0.692. The van der Waals surface area contributed by atoms with Gasteiger partial charge in [0.25, 0.3) is 0 Å². The summed E-state index contributed by atoms with van der Waals surface area (Å²) in [6.45, 7) is 9.31. The van der Waals surface area contributed by atoms with E-state index >= 15 is 0 Å². The molecular formula is C13H23N5. The van der Waals surface area contributed by atoms with Gasteiger partial charge in [-0.1, -0.05) is 13.8 Å². The molecule has 0 saturated carbocycles. The van der Waals surface area contributed by atoms with Gasteiger partial charge in [-0.25, -0.2) is 4.98 Å². The molecule has 100 valence electrons. The maximum absolute atomic E-state index is 4.51. The van der Waals surface area contributed by atoms with Crippen molar-refractivity contribution in [2.24, 2.45) is 0 Å². The Balaban J connectivity index is 1.91. The van der Waals surface area contributed by atoms with E-state index in [0.717, 1.165) is 44.2 Å². The van der Waals surface area contributed by atoms with E-state index in [0.29, 0.717) is 6.04 Å². The van der Waals surface area contributed by atoms with Crippen LogP contribution in [0.3, 0.4) is 0 Å². The highest BCUT2D eigenvalue weighted by atomic mass is 15.3. The van der Waals surface area contributed by atoms with Gasteiger partial charge in [0.1, 0.15) is 5.82 Å². The van der Waals surface area contributed by atoms with Crippen molar-refractivity contribution in [3.63, 3.8) is 0 Å². The van der Waals surface area contributed by atoms with Gasteiger partial charge in [0.2, 0.25) is 0 Å². The monoisotopic (exact) mass is 249 g/mol. The van der Waals surface area contributed by atoms with Gasteiger partial charge in [0.05, 0.1) is 18.1 Å². The first kappa shape index (κ1) is 13.2. The van der Waals surface area contributed by atoms with Gasteiger partial charge in [0, 0.05) is 38.8 Å². The minimum Gasteiger partial charge on any atom is -0.353 e. The molecule has 18 heavy (non-hydrogen) atoms. The zero-order valence-corrected chi connectivity index (χ0v) is 11.6. The lowest BCUT2D eigenvalue weighted by molar-refractivity contribution is 0.312. The van der Waals surface area contributed by atoms with E-state index in [1.54, 1.807) is 0 Å². The van der Waals surface area contributed by atoms with Crippen LogP contribution in [0.4, 0.5) is 5.82 Å². The van der Waals surface area contributed by atoms with Crippen LogP contribution < -0.4 is 10.2 Å². The first-order valence-corrected chi connectivity index (χ1v) is 6.63. The third kappa shape index (κ3) is 3.65. The van der Waals surface area contributed by atoms with Gasteiger partial charge >= 0.3 is 0 Å². The van der Waals surface area contributed by atoms with Crippen molar-refractivity contribution in [1.82, 2.24) is 20.2 Å². The number of likely N-dealkylation sites (N-methyl/N-ethyl adjacent to an activating group) is 1. The van der Waals surface area contributed by atoms with E-state index in [1.165, 1.54) is 0 Å². The molecular weight excluding hydrogens is 226 g/mol. The van der Waals surface area contributed by atoms with Crippen LogP contribution in [0.1, 0.15) is 19.5 Å². The summed E-state index contributed by atoms with van der Waals surface area (Å²) in [5.74, 6) is 0.997. The fourth-order valence-corrected chi connectivity index (χ4v) is 1.95. The molecule has 1 saturated heterocycles. The van der Waals surface area contributed by atoms with Gasteiger partial charge in [-0.3, -0.25) is 4.98 Å². The van der Waals surface area contributed by atoms with E-state index in [2.05, 4.69) is 46.0 Å². The molecule has 2 rings (SSSR count). The summed E-state index contributed by atoms with van der Waals surface area (Å²) in [5, 5.41) is 3.34. The summed E-state index contributed by atoms with van der Waals surface area (Å²) in [6, 6.07) is 0.476. The van der Waals surface area contributed by atoms with Crippen molar-refractivity contribution in [3.8, 4) is 0 Å². The molecule has 2 heterocycles. The average Bonchev–Trinajstić information content (AvgIpc) is 2.38. The highest BCUT2D eigenvalue weighted by Gasteiger charge is 2.15. The number of anilines is 1. The Bertz CT molecular complexity index is 354. The summed E-state index contributed by atoms with van der Waals surface area (Å²) in [4.78, 5) is 13.6. The lowest BCUT2D eigenvalue weighted by Crippen LogP contribution is -2.44. The first-order chi connectivity index (χ1) is 8.65. The first-order valence-electron chi connectivity index (χ1n) is 6.63. The molecule has 0 amide bonds. The van der Waals surface area contributed by atoms with Gasteiger partial charge in [0.15, 0.2) is 0 Å². The Hall–Kier alpha value is -1.20. The molecule has 0 atom stereocenters. The van der Waals surface area contributed by atoms with E-state index in [-0.39, 0.29) is 0 Å². The van der Waals surface area contributed by atoms with Crippen molar-refractivity contribution in [1.29, 1.82) is 0 Å². The number of nitrogens with one attached hydrogen (secondary N) is 1. The second-order valence-corrected chi connectivity index (χ2v) is 5.19. The van der Waals surface area contributed by atoms with Crippen LogP contribution in [0.5, 0.6) is 0 Å². The Morgan fingerprint density at radius 2 is 1.89 bits per heavy atom. The van der Waals surface area contributed by atoms with E-state index < -0.39 is 0 Å². The molecule has 1 aliphatic rings. The predicted octanol–water partition coefficient (Wildman–Crippen LogP) is 0.726. The molecule has 1 fully saturated rings. The van der Waals surface area contributed by atoms with E-state index in [1.807, 2.05) is 12.4 Å². The molecule has 0 bridgehead atoms. The van der Waals surface area contributed by atoms with Crippen LogP contribution in [0, 0.1) is 0 Å². The maximum Gasteiger partial charge on any atom is 0.147 e. The number of hydrogen-bond donors (Lipinski definition) is 1. The van der Waals surface area contributed by atoms with Gasteiger partial charge < -0.3 is 15.1 Å². The Morgan fingerprint density at radius 1 is 1.17 bits per heavy atom. The molecule has 0 aromatic carbocycles. The third-order valence-corrected chi connectivity index (χ3v) is 3.21. The Kier molecular flexibility index (Phi) is 4.49. The second-order valence-electron chi connectivity index (χ2n) is 5.19. The predicted molar refractivity (Wildman–Crippen MR) is 73.7 cm³/mol. The number of nitrogens with zero attached hydrogens (tertiary/aromatic N) is 4. The summed E-state index contributed by atoms with van der Waals surface area (Å²) >= 11 is 0. The molecule has 1 aromatic rings. The zero-order valence-electron chi connectivity index (χ0n) is 11.6. The summed E-state index contributed by atoms with van der Waals surface area (Å²) in [5.41, 5.74) is 1.00. The number of aromatic nitrogens is 2. The molecule has 1 N–H and O–H groups in total. The molecule has 0 aliphatic carbocycles. The molecule has 0 unspecified atom stereocenters. The molecule has 0 radical (unpaired) electrons. The van der Waals surface area contributed by atoms with Crippen molar-refractivity contribution >= 4 is 5.82 Å². The quantitative estimate of drug-likeness (QED) is 0.852. The molecule has 5 nitrogen and oxygen atoms in total. The van der Waals surface area contributed by atoms with Gasteiger partial charge in [-0.2, -0.15) is 0 Å². The summed E-state index contributed by atoms with van der Waals surface area (Å²) in [7, 11) is 2.16. The normalized spacial score (nSPS) is 17.4. The lowest BCUT2D eigenvalue weighted by Gasteiger charge is -2.32. The zero-order chi connectivity index (χ0) is 13.0. The third-order valence-electron chi connectivity index (χ3n) is 3.21. The molecule has 1 aliphatic heterocycles. The standard InChI is InChI=1S/C13H23N5/c1-11(2)14-8-12-9-16-13(10-15-12)18-6-4-17(3)5-7-18/h9-11,14H,4-8H2,1-3H3. The Labute approximate surface area is 109 Å². The van der Waals surface area contributed by atoms with Gasteiger partial charge in [-0.05, 0) is 7.05 Å². The largest absolute Gasteiger partial charge is 0.353 e. The van der Waals surface area contributed by atoms with Crippen LogP contribution in [-0.2, 0) is 6.54 Å². The highest BCUT2D eigenvalue weighted by molar-refractivity contribution is 5.36. The van der Waals surface area contributed by atoms with Crippen LogP contribution in [-0.4, -0.2) is 54.1 Å². The Morgan fingerprint density at radius 3 is 2.44 bits per heavy atom. The van der Waals surface area contributed by atoms with Crippen molar-refractivity contribution in [2.45, 2.75) is 26.4 Å². The lowest BCUT2D eigenvalue weighted by atomic mass is 10.3. The molecule has 1 aromatic heterocycles. The van der Waals surface area contributed by atoms with Crippen LogP contribution >= 0.6 is 0 Å². The van der Waals surface area contributed by atoms with Gasteiger partial charge in [-0.15, -0.1) is 0 Å². The van der Waals surface area contributed by atoms with Crippen LogP contribution in [0.25, 0.3) is 0 Å². The topological polar surface area (TPSA) is 44.3 Å². The van der Waals surface area contributed by atoms with Crippen molar-refractivity contribution < 1.29 is 0 Å². The number of piperazine rings is 1. The van der Waals surface area contributed by atoms with E-state index in [4.69, 9.17) is 0 Å². The minimum atomic E-state index is 0.476. The number of rotatable bonds is 4. The van der Waals surface area contributed by atoms with Crippen LogP contribution in [0.15, 0.2) is 12.4 Å². The smallest absolute Gasteiger partial charge is 0.147 e. The van der Waals surface area contributed by atoms with Crippen molar-refractivity contribution in [2.75, 3.05) is 38.1 Å². The molecule has 5 heteroatoms. The summed E-state index contributed by atoms with van der Waals surface area (Å²) < 4.78 is 0. The number of hydrogen-bond acceptors (Lipinski definition) is 5. The fourth-order valence-electron chi connectivity index (χ4n) is 1.95. The van der Waals surface area contributed by atoms with E-state index in [9.17, 15) is 0 Å². The average molecular weight is 249 g/mol. The summed E-state index contributed by atoms with van der Waals surface area (Å²) in [6.07, 6.45) is 3.77. The SMILES string of the molecule is CC(C)NCc1cnc(N2CCN(C)CC2)cn1. The van der Waals surface area contributed by atoms with Crippen molar-refractivity contribution in [3.05, 3.63) is 18.1 Å². The second kappa shape index (κ2) is 6.11. The van der Waals surface area contributed by atoms with Crippen LogP contribution in [0.2, 0.25) is 0 Å². The minimum absolute atomic E-state index is 0.476. The highest BCUT2D eigenvalue weighted by Crippen LogP contribution is 2.11. The molecule has 0 spiro atoms. The maximum atomic E-state index is 4.51.